The van der Waals surface area contributed by atoms with Crippen molar-refractivity contribution in [2.45, 2.75) is 0 Å². The highest BCUT2D eigenvalue weighted by atomic mass is 35.5. The largest absolute Gasteiger partial charge is 0.618 e. The lowest BCUT2D eigenvalue weighted by atomic mass is 10.3. The van der Waals surface area contributed by atoms with Gasteiger partial charge in [-0.25, -0.2) is 9.99 Å². The molecule has 0 saturated carbocycles. The summed E-state index contributed by atoms with van der Waals surface area (Å²) in [6, 6.07) is 6.97. The maximum Gasteiger partial charge on any atom is 0.244 e. The van der Waals surface area contributed by atoms with Crippen LogP contribution in [0.4, 0.5) is 5.82 Å². The highest BCUT2D eigenvalue weighted by molar-refractivity contribution is 7.08. The molecule has 0 N–H and O–H groups in total. The molecule has 3 aromatic rings. The fourth-order valence-electron chi connectivity index (χ4n) is 1.81. The summed E-state index contributed by atoms with van der Waals surface area (Å²) in [5.74, 6) is 0.464. The van der Waals surface area contributed by atoms with Crippen LogP contribution in [0.1, 0.15) is 5.56 Å². The van der Waals surface area contributed by atoms with Gasteiger partial charge < -0.3 is 5.21 Å². The van der Waals surface area contributed by atoms with Crippen molar-refractivity contribution in [2.24, 2.45) is 5.10 Å². The van der Waals surface area contributed by atoms with E-state index in [2.05, 4.69) is 10.1 Å². The fraction of sp³-hybridized carbons (Fsp3) is 0.0714. The molecule has 0 bridgehead atoms. The second-order valence-electron chi connectivity index (χ2n) is 4.38. The Morgan fingerprint density at radius 3 is 3.05 bits per heavy atom. The first kappa shape index (κ1) is 13.8. The molecule has 0 aliphatic rings. The molecule has 0 atom stereocenters. The molecular formula is C14H11ClN4OS. The molecule has 0 amide bonds. The zero-order valence-electron chi connectivity index (χ0n) is 11.1. The highest BCUT2D eigenvalue weighted by Gasteiger charge is 2.11. The fourth-order valence-corrected chi connectivity index (χ4v) is 2.59. The molecule has 0 fully saturated rings. The Labute approximate surface area is 130 Å². The first-order valence-corrected chi connectivity index (χ1v) is 7.45. The number of hydrogen-bond acceptors (Lipinski definition) is 5. The predicted molar refractivity (Wildman–Crippen MR) is 86.0 cm³/mol. The molecule has 0 saturated heterocycles. The Kier molecular flexibility index (Phi) is 3.72. The van der Waals surface area contributed by atoms with Crippen molar-refractivity contribution in [1.82, 2.24) is 4.98 Å². The molecule has 0 radical (unpaired) electrons. The van der Waals surface area contributed by atoms with Gasteiger partial charge in [0.05, 0.1) is 6.21 Å². The van der Waals surface area contributed by atoms with E-state index >= 15 is 0 Å². The molecule has 0 spiro atoms. The average molecular weight is 319 g/mol. The first-order chi connectivity index (χ1) is 10.1. The van der Waals surface area contributed by atoms with E-state index in [1.54, 1.807) is 47.8 Å². The molecule has 3 rings (SSSR count). The summed E-state index contributed by atoms with van der Waals surface area (Å²) in [5.41, 5.74) is 2.01. The van der Waals surface area contributed by atoms with E-state index in [4.69, 9.17) is 11.6 Å². The molecule has 21 heavy (non-hydrogen) atoms. The van der Waals surface area contributed by atoms with E-state index < -0.39 is 0 Å². The van der Waals surface area contributed by atoms with Gasteiger partial charge in [0.25, 0.3) is 0 Å². The Balaban J connectivity index is 1.95. The maximum atomic E-state index is 12.0. The lowest BCUT2D eigenvalue weighted by Crippen LogP contribution is -2.29. The number of hydrazone groups is 1. The monoisotopic (exact) mass is 318 g/mol. The minimum Gasteiger partial charge on any atom is -0.618 e. The third-order valence-corrected chi connectivity index (χ3v) is 3.83. The van der Waals surface area contributed by atoms with Gasteiger partial charge in [0, 0.05) is 23.7 Å². The van der Waals surface area contributed by atoms with Crippen LogP contribution in [0.5, 0.6) is 0 Å². The molecule has 0 aliphatic carbocycles. The smallest absolute Gasteiger partial charge is 0.244 e. The van der Waals surface area contributed by atoms with Crippen LogP contribution in [0.25, 0.3) is 11.0 Å². The van der Waals surface area contributed by atoms with Crippen LogP contribution in [0.3, 0.4) is 0 Å². The van der Waals surface area contributed by atoms with Crippen LogP contribution in [0.2, 0.25) is 5.02 Å². The van der Waals surface area contributed by atoms with Gasteiger partial charge in [-0.2, -0.15) is 21.2 Å². The molecule has 7 heteroatoms. The lowest BCUT2D eigenvalue weighted by molar-refractivity contribution is -0.576. The van der Waals surface area contributed by atoms with Crippen molar-refractivity contribution in [1.29, 1.82) is 0 Å². The number of nitrogens with zero attached hydrogens (tertiary/aromatic N) is 4. The summed E-state index contributed by atoms with van der Waals surface area (Å²) < 4.78 is 0.750. The number of benzene rings is 1. The number of hydrogen-bond donors (Lipinski definition) is 0. The van der Waals surface area contributed by atoms with E-state index in [1.807, 2.05) is 16.8 Å². The SMILES string of the molecule is CN(/N=C/c1ccsc1)c1c[n+]([O-])c2cc(Cl)ccc2n1. The summed E-state index contributed by atoms with van der Waals surface area (Å²) in [7, 11) is 1.74. The van der Waals surface area contributed by atoms with Gasteiger partial charge in [0.15, 0.2) is 0 Å². The number of thiophene rings is 1. The van der Waals surface area contributed by atoms with Crippen molar-refractivity contribution in [3.8, 4) is 0 Å². The lowest BCUT2D eigenvalue weighted by Gasteiger charge is -2.11. The molecule has 0 unspecified atom stereocenters. The van der Waals surface area contributed by atoms with E-state index in [0.717, 1.165) is 10.3 Å². The zero-order chi connectivity index (χ0) is 14.8. The second-order valence-corrected chi connectivity index (χ2v) is 5.60. The van der Waals surface area contributed by atoms with E-state index in [9.17, 15) is 5.21 Å². The van der Waals surface area contributed by atoms with Crippen molar-refractivity contribution in [3.05, 3.63) is 57.0 Å². The number of halogens is 1. The summed E-state index contributed by atoms with van der Waals surface area (Å²) in [4.78, 5) is 4.41. The molecule has 1 aromatic carbocycles. The minimum absolute atomic E-state index is 0.432. The summed E-state index contributed by atoms with van der Waals surface area (Å²) in [6.07, 6.45) is 3.10. The van der Waals surface area contributed by atoms with Crippen molar-refractivity contribution in [2.75, 3.05) is 12.1 Å². The van der Waals surface area contributed by atoms with E-state index in [1.165, 1.54) is 6.20 Å². The average Bonchev–Trinajstić information content (AvgIpc) is 2.98. The number of anilines is 1. The minimum atomic E-state index is 0.432. The molecule has 0 aliphatic heterocycles. The van der Waals surface area contributed by atoms with Crippen LogP contribution in [0, 0.1) is 5.21 Å². The number of rotatable bonds is 3. The van der Waals surface area contributed by atoms with Gasteiger partial charge >= 0.3 is 0 Å². The molecule has 2 aromatic heterocycles. The van der Waals surface area contributed by atoms with Gasteiger partial charge in [-0.05, 0) is 29.0 Å². The third kappa shape index (κ3) is 2.96. The van der Waals surface area contributed by atoms with Crippen molar-refractivity contribution < 1.29 is 4.73 Å². The van der Waals surface area contributed by atoms with Crippen molar-refractivity contribution >= 4 is 46.0 Å². The van der Waals surface area contributed by atoms with Crippen LogP contribution >= 0.6 is 22.9 Å². The maximum absolute atomic E-state index is 12.0. The van der Waals surface area contributed by atoms with Crippen LogP contribution in [-0.4, -0.2) is 18.2 Å². The molecule has 5 nitrogen and oxygen atoms in total. The summed E-state index contributed by atoms with van der Waals surface area (Å²) >= 11 is 7.49. The van der Waals surface area contributed by atoms with Crippen molar-refractivity contribution in [3.63, 3.8) is 0 Å². The number of fused-ring (bicyclic) bond motifs is 1. The van der Waals surface area contributed by atoms with Gasteiger partial charge in [-0.3, -0.25) is 0 Å². The molecular weight excluding hydrogens is 308 g/mol. The Hall–Kier alpha value is -2.18. The van der Waals surface area contributed by atoms with E-state index in [0.29, 0.717) is 21.9 Å². The van der Waals surface area contributed by atoms with Gasteiger partial charge in [-0.15, -0.1) is 0 Å². The Morgan fingerprint density at radius 1 is 1.43 bits per heavy atom. The van der Waals surface area contributed by atoms with E-state index in [-0.39, 0.29) is 0 Å². The summed E-state index contributed by atoms with van der Waals surface area (Å²) in [6.45, 7) is 0. The molecule has 2 heterocycles. The first-order valence-electron chi connectivity index (χ1n) is 6.13. The van der Waals surface area contributed by atoms with Gasteiger partial charge in [0.2, 0.25) is 17.5 Å². The highest BCUT2D eigenvalue weighted by Crippen LogP contribution is 2.17. The Morgan fingerprint density at radius 2 is 2.29 bits per heavy atom. The molecule has 106 valence electrons. The van der Waals surface area contributed by atoms with Crippen LogP contribution in [-0.2, 0) is 0 Å². The zero-order valence-corrected chi connectivity index (χ0v) is 12.7. The van der Waals surface area contributed by atoms with Crippen LogP contribution < -0.4 is 9.74 Å². The third-order valence-electron chi connectivity index (χ3n) is 2.90. The second kappa shape index (κ2) is 5.67. The van der Waals surface area contributed by atoms with Crippen LogP contribution in [0.15, 0.2) is 46.3 Å². The normalized spacial score (nSPS) is 11.3. The van der Waals surface area contributed by atoms with Gasteiger partial charge in [-0.1, -0.05) is 11.6 Å². The Bertz CT molecular complexity index is 804. The summed E-state index contributed by atoms with van der Waals surface area (Å²) in [5, 5.41) is 22.3. The standard InChI is InChI=1S/C14H11ClN4OS/c1-18(16-7-10-4-5-21-9-10)14-8-19(20)13-6-11(15)2-3-12(13)17-14/h2-9H,1H3/b16-7+. The van der Waals surface area contributed by atoms with Gasteiger partial charge in [0.1, 0.15) is 5.52 Å². The number of aromatic nitrogens is 2. The quantitative estimate of drug-likeness (QED) is 0.323. The topological polar surface area (TPSA) is 55.4 Å². The predicted octanol–water partition coefficient (Wildman–Crippen LogP) is 3.05.